The summed E-state index contributed by atoms with van der Waals surface area (Å²) in [4.78, 5) is 25.3. The number of methoxy groups -OCH3 is 1. The van der Waals surface area contributed by atoms with Crippen LogP contribution in [0.4, 0.5) is 0 Å². The first kappa shape index (κ1) is 16.6. The highest BCUT2D eigenvalue weighted by Crippen LogP contribution is 2.26. The van der Waals surface area contributed by atoms with E-state index in [1.54, 1.807) is 56.2 Å². The van der Waals surface area contributed by atoms with Crippen molar-refractivity contribution < 1.29 is 14.3 Å². The zero-order valence-corrected chi connectivity index (χ0v) is 14.4. The fraction of sp³-hybridized carbons (Fsp3) is 0.105. The zero-order valence-electron chi connectivity index (χ0n) is 14.4. The molecule has 0 bridgehead atoms. The Balaban J connectivity index is 1.68. The first-order chi connectivity index (χ1) is 13.2. The van der Waals surface area contributed by atoms with E-state index in [4.69, 9.17) is 9.47 Å². The quantitative estimate of drug-likeness (QED) is 0.488. The molecule has 0 spiro atoms. The van der Waals surface area contributed by atoms with Gasteiger partial charge in [-0.15, -0.1) is 0 Å². The molecule has 27 heavy (non-hydrogen) atoms. The third kappa shape index (κ3) is 3.59. The molecule has 0 aliphatic heterocycles. The molecule has 134 valence electrons. The fourth-order valence-electron chi connectivity index (χ4n) is 2.63. The number of carbonyl (C=O) groups excluding carboxylic acids is 1. The van der Waals surface area contributed by atoms with Crippen molar-refractivity contribution in [3.05, 3.63) is 72.7 Å². The van der Waals surface area contributed by atoms with Crippen LogP contribution in [0.25, 0.3) is 5.65 Å². The maximum Gasteiger partial charge on any atom is 0.172 e. The molecule has 0 atom stereocenters. The monoisotopic (exact) mass is 361 g/mol. The van der Waals surface area contributed by atoms with Crippen LogP contribution in [0, 0.1) is 0 Å². The van der Waals surface area contributed by atoms with Crippen molar-refractivity contribution in [2.24, 2.45) is 0 Å². The number of fused-ring (bicyclic) bond motifs is 1. The summed E-state index contributed by atoms with van der Waals surface area (Å²) in [6.45, 7) is 0. The zero-order chi connectivity index (χ0) is 18.6. The van der Waals surface area contributed by atoms with Crippen molar-refractivity contribution in [2.45, 2.75) is 6.42 Å². The van der Waals surface area contributed by atoms with Crippen LogP contribution in [-0.2, 0) is 6.42 Å². The molecule has 4 aromatic heterocycles. The van der Waals surface area contributed by atoms with Crippen molar-refractivity contribution >= 4 is 11.4 Å². The molecule has 0 aliphatic carbocycles. The summed E-state index contributed by atoms with van der Waals surface area (Å²) in [5, 5.41) is 4.12. The second kappa shape index (κ2) is 7.20. The van der Waals surface area contributed by atoms with E-state index in [9.17, 15) is 4.79 Å². The van der Waals surface area contributed by atoms with Gasteiger partial charge in [0.1, 0.15) is 23.6 Å². The molecule has 0 radical (unpaired) electrons. The lowest BCUT2D eigenvalue weighted by Gasteiger charge is -2.09. The Kier molecular flexibility index (Phi) is 4.44. The summed E-state index contributed by atoms with van der Waals surface area (Å²) >= 11 is 0. The molecular weight excluding hydrogens is 346 g/mol. The summed E-state index contributed by atoms with van der Waals surface area (Å²) in [6.07, 6.45) is 8.00. The molecule has 4 rings (SSSR count). The third-order valence-electron chi connectivity index (χ3n) is 3.88. The largest absolute Gasteiger partial charge is 0.495 e. The number of nitrogens with zero attached hydrogens (tertiary/aromatic N) is 5. The van der Waals surface area contributed by atoms with Gasteiger partial charge in [0.2, 0.25) is 0 Å². The minimum Gasteiger partial charge on any atom is -0.495 e. The van der Waals surface area contributed by atoms with E-state index in [1.807, 2.05) is 6.07 Å². The average molecular weight is 361 g/mol. The SMILES string of the molecule is COc1cncc(Oc2cc(C(=O)Cc3ccccn3)c3ncnn3c2)c1. The van der Waals surface area contributed by atoms with E-state index in [0.717, 1.165) is 0 Å². The van der Waals surface area contributed by atoms with Gasteiger partial charge in [0.05, 0.1) is 37.7 Å². The lowest BCUT2D eigenvalue weighted by Crippen LogP contribution is -2.08. The highest BCUT2D eigenvalue weighted by molar-refractivity contribution is 6.02. The molecule has 0 N–H and O–H groups in total. The fourth-order valence-corrected chi connectivity index (χ4v) is 2.63. The van der Waals surface area contributed by atoms with Crippen LogP contribution in [0.15, 0.2) is 61.4 Å². The first-order valence-electron chi connectivity index (χ1n) is 8.16. The van der Waals surface area contributed by atoms with E-state index in [1.165, 1.54) is 10.8 Å². The molecule has 8 heteroatoms. The standard InChI is InChI=1S/C19H15N5O3/c1-26-14-7-15(10-20-9-14)27-16-8-17(19-22-12-23-24(19)11-16)18(25)6-13-4-2-3-5-21-13/h2-5,7-12H,6H2,1H3. The minimum absolute atomic E-state index is 0.124. The van der Waals surface area contributed by atoms with Crippen LogP contribution in [0.1, 0.15) is 16.1 Å². The van der Waals surface area contributed by atoms with Crippen molar-refractivity contribution in [2.75, 3.05) is 7.11 Å². The number of hydrogen-bond donors (Lipinski definition) is 0. The molecule has 8 nitrogen and oxygen atoms in total. The molecule has 0 fully saturated rings. The molecule has 0 saturated heterocycles. The highest BCUT2D eigenvalue weighted by atomic mass is 16.5. The van der Waals surface area contributed by atoms with Crippen LogP contribution < -0.4 is 9.47 Å². The Hall–Kier alpha value is -3.81. The maximum atomic E-state index is 12.8. The molecule has 0 unspecified atom stereocenters. The van der Waals surface area contributed by atoms with Gasteiger partial charge in [0.15, 0.2) is 11.4 Å². The van der Waals surface area contributed by atoms with Gasteiger partial charge in [-0.25, -0.2) is 9.50 Å². The maximum absolute atomic E-state index is 12.8. The normalized spacial score (nSPS) is 10.7. The lowest BCUT2D eigenvalue weighted by atomic mass is 10.1. The first-order valence-corrected chi connectivity index (χ1v) is 8.16. The van der Waals surface area contributed by atoms with Crippen LogP contribution in [-0.4, -0.2) is 37.5 Å². The Morgan fingerprint density at radius 2 is 2.00 bits per heavy atom. The van der Waals surface area contributed by atoms with Crippen LogP contribution >= 0.6 is 0 Å². The van der Waals surface area contributed by atoms with Gasteiger partial charge in [-0.1, -0.05) is 6.07 Å². The van der Waals surface area contributed by atoms with Gasteiger partial charge in [-0.05, 0) is 18.2 Å². The van der Waals surface area contributed by atoms with E-state index >= 15 is 0 Å². The van der Waals surface area contributed by atoms with Crippen molar-refractivity contribution in [3.63, 3.8) is 0 Å². The number of pyridine rings is 3. The van der Waals surface area contributed by atoms with Gasteiger partial charge in [0.25, 0.3) is 0 Å². The molecular formula is C19H15N5O3. The van der Waals surface area contributed by atoms with Gasteiger partial charge in [0, 0.05) is 18.0 Å². The van der Waals surface area contributed by atoms with E-state index in [-0.39, 0.29) is 12.2 Å². The molecule has 0 saturated carbocycles. The summed E-state index contributed by atoms with van der Waals surface area (Å²) in [7, 11) is 1.55. The molecule has 4 aromatic rings. The van der Waals surface area contributed by atoms with Crippen LogP contribution in [0.3, 0.4) is 0 Å². The number of rotatable bonds is 6. The number of aromatic nitrogens is 5. The van der Waals surface area contributed by atoms with E-state index < -0.39 is 0 Å². The Morgan fingerprint density at radius 1 is 1.11 bits per heavy atom. The summed E-state index contributed by atoms with van der Waals surface area (Å²) in [6, 6.07) is 8.81. The molecule has 0 amide bonds. The Bertz CT molecular complexity index is 1090. The second-order valence-electron chi connectivity index (χ2n) is 5.70. The van der Waals surface area contributed by atoms with Crippen molar-refractivity contribution in [3.8, 4) is 17.2 Å². The third-order valence-corrected chi connectivity index (χ3v) is 3.88. The van der Waals surface area contributed by atoms with Gasteiger partial charge in [-0.2, -0.15) is 5.10 Å². The second-order valence-corrected chi connectivity index (χ2v) is 5.70. The van der Waals surface area contributed by atoms with Crippen molar-refractivity contribution in [1.82, 2.24) is 24.6 Å². The average Bonchev–Trinajstić information content (AvgIpc) is 3.17. The number of Topliss-reactive ketones (excluding diaryl/α,β-unsaturated/α-hetero) is 1. The Morgan fingerprint density at radius 3 is 2.81 bits per heavy atom. The number of ether oxygens (including phenoxy) is 2. The number of carbonyl (C=O) groups is 1. The van der Waals surface area contributed by atoms with Gasteiger partial charge in [-0.3, -0.25) is 14.8 Å². The lowest BCUT2D eigenvalue weighted by molar-refractivity contribution is 0.0992. The molecule has 4 heterocycles. The van der Waals surface area contributed by atoms with Crippen LogP contribution in [0.2, 0.25) is 0 Å². The number of ketones is 1. The summed E-state index contributed by atoms with van der Waals surface area (Å²) < 4.78 is 12.5. The molecule has 0 aromatic carbocycles. The number of hydrogen-bond acceptors (Lipinski definition) is 7. The van der Waals surface area contributed by atoms with Gasteiger partial charge >= 0.3 is 0 Å². The Labute approximate surface area is 154 Å². The predicted octanol–water partition coefficient (Wildman–Crippen LogP) is 2.75. The topological polar surface area (TPSA) is 91.5 Å². The van der Waals surface area contributed by atoms with Crippen LogP contribution in [0.5, 0.6) is 17.2 Å². The molecule has 0 aliphatic rings. The summed E-state index contributed by atoms with van der Waals surface area (Å²) in [5.41, 5.74) is 1.56. The summed E-state index contributed by atoms with van der Waals surface area (Å²) in [5.74, 6) is 1.37. The van der Waals surface area contributed by atoms with Gasteiger partial charge < -0.3 is 9.47 Å². The van der Waals surface area contributed by atoms with E-state index in [0.29, 0.717) is 34.2 Å². The smallest absolute Gasteiger partial charge is 0.172 e. The van der Waals surface area contributed by atoms with Crippen molar-refractivity contribution in [1.29, 1.82) is 0 Å². The minimum atomic E-state index is -0.124. The highest BCUT2D eigenvalue weighted by Gasteiger charge is 2.16. The van der Waals surface area contributed by atoms with E-state index in [2.05, 4.69) is 20.1 Å². The predicted molar refractivity (Wildman–Crippen MR) is 96.1 cm³/mol.